The minimum atomic E-state index is -4.57. The van der Waals surface area contributed by atoms with E-state index in [2.05, 4.69) is 17.6 Å². The summed E-state index contributed by atoms with van der Waals surface area (Å²) in [5.41, 5.74) is -1.40. The van der Waals surface area contributed by atoms with Gasteiger partial charge >= 0.3 is 6.18 Å². The molecule has 1 aromatic heterocycles. The van der Waals surface area contributed by atoms with E-state index in [0.717, 1.165) is 6.07 Å². The van der Waals surface area contributed by atoms with Crippen molar-refractivity contribution in [1.29, 1.82) is 5.26 Å². The minimum absolute atomic E-state index is 0.273. The Morgan fingerprint density at radius 2 is 2.00 bits per heavy atom. The van der Waals surface area contributed by atoms with Gasteiger partial charge in [-0.2, -0.15) is 18.4 Å². The summed E-state index contributed by atoms with van der Waals surface area (Å²) in [4.78, 5) is 2.81. The molecule has 0 aromatic carbocycles. The third-order valence-electron chi connectivity index (χ3n) is 1.26. The van der Waals surface area contributed by atoms with Crippen molar-refractivity contribution in [1.82, 2.24) is 4.98 Å². The summed E-state index contributed by atoms with van der Waals surface area (Å²) in [6.07, 6.45) is -4.57. The van der Waals surface area contributed by atoms with Crippen LogP contribution >= 0.6 is 12.6 Å². The molecule has 0 atom stereocenters. The minimum Gasteiger partial charge on any atom is -0.231 e. The van der Waals surface area contributed by atoms with E-state index in [1.165, 1.54) is 12.1 Å². The smallest absolute Gasteiger partial charge is 0.231 e. The number of nitrogens with zero attached hydrogens (tertiary/aromatic N) is 2. The van der Waals surface area contributed by atoms with E-state index < -0.39 is 11.9 Å². The molecule has 2 nitrogen and oxygen atoms in total. The third kappa shape index (κ3) is 2.12. The first-order chi connectivity index (χ1) is 5.95. The van der Waals surface area contributed by atoms with E-state index >= 15 is 0 Å². The number of pyridine rings is 1. The van der Waals surface area contributed by atoms with Gasteiger partial charge in [-0.15, -0.1) is 12.6 Å². The highest BCUT2D eigenvalue weighted by atomic mass is 32.1. The molecule has 0 amide bonds. The molecule has 13 heavy (non-hydrogen) atoms. The van der Waals surface area contributed by atoms with Crippen molar-refractivity contribution < 1.29 is 13.2 Å². The molecule has 0 N–H and O–H groups in total. The average molecular weight is 204 g/mol. The fraction of sp³-hybridized carbons (Fsp3) is 0.143. The number of rotatable bonds is 0. The van der Waals surface area contributed by atoms with Crippen molar-refractivity contribution in [2.75, 3.05) is 0 Å². The van der Waals surface area contributed by atoms with E-state index in [-0.39, 0.29) is 10.6 Å². The fourth-order valence-electron chi connectivity index (χ4n) is 0.723. The molecule has 0 aliphatic carbocycles. The van der Waals surface area contributed by atoms with Crippen molar-refractivity contribution in [3.63, 3.8) is 0 Å². The number of hydrogen-bond acceptors (Lipinski definition) is 3. The molecule has 0 saturated heterocycles. The Balaban J connectivity index is 3.29. The molecule has 0 aliphatic rings. The molecule has 0 spiro atoms. The predicted octanol–water partition coefficient (Wildman–Crippen LogP) is 2.26. The van der Waals surface area contributed by atoms with Gasteiger partial charge in [0.2, 0.25) is 0 Å². The summed E-state index contributed by atoms with van der Waals surface area (Å²) < 4.78 is 36.4. The zero-order chi connectivity index (χ0) is 10.1. The van der Waals surface area contributed by atoms with Gasteiger partial charge in [0.05, 0.1) is 0 Å². The van der Waals surface area contributed by atoms with Crippen molar-refractivity contribution in [2.24, 2.45) is 0 Å². The summed E-state index contributed by atoms with van der Waals surface area (Å²) in [7, 11) is 0. The van der Waals surface area contributed by atoms with Gasteiger partial charge in [-0.3, -0.25) is 0 Å². The van der Waals surface area contributed by atoms with Gasteiger partial charge in [0.1, 0.15) is 11.8 Å². The normalized spacial score (nSPS) is 11.0. The Bertz CT molecular complexity index is 367. The van der Waals surface area contributed by atoms with Crippen molar-refractivity contribution >= 4 is 12.6 Å². The van der Waals surface area contributed by atoms with Crippen LogP contribution in [-0.2, 0) is 6.18 Å². The van der Waals surface area contributed by atoms with E-state index in [1.54, 1.807) is 0 Å². The lowest BCUT2D eigenvalue weighted by molar-refractivity contribution is -0.143. The van der Waals surface area contributed by atoms with Gasteiger partial charge in [-0.1, -0.05) is 0 Å². The van der Waals surface area contributed by atoms with Gasteiger partial charge in [-0.05, 0) is 12.1 Å². The first-order valence-electron chi connectivity index (χ1n) is 3.12. The summed E-state index contributed by atoms with van der Waals surface area (Å²) in [5.74, 6) is 0. The third-order valence-corrected chi connectivity index (χ3v) is 1.62. The predicted molar refractivity (Wildman–Crippen MR) is 41.2 cm³/mol. The maximum atomic E-state index is 12.1. The summed E-state index contributed by atoms with van der Waals surface area (Å²) in [6.45, 7) is 0. The van der Waals surface area contributed by atoms with E-state index in [1.807, 2.05) is 0 Å². The highest BCUT2D eigenvalue weighted by Crippen LogP contribution is 2.31. The Hall–Kier alpha value is -1.22. The zero-order valence-electron chi connectivity index (χ0n) is 6.13. The van der Waals surface area contributed by atoms with Crippen LogP contribution in [0.25, 0.3) is 0 Å². The Morgan fingerprint density at radius 1 is 1.38 bits per heavy atom. The van der Waals surface area contributed by atoms with Gasteiger partial charge in [-0.25, -0.2) is 4.98 Å². The number of aromatic nitrogens is 1. The van der Waals surface area contributed by atoms with E-state index in [0.29, 0.717) is 0 Å². The SMILES string of the molecule is N#Cc1ccc(S)c(C(F)(F)F)n1. The second kappa shape index (κ2) is 3.26. The number of alkyl halides is 3. The van der Waals surface area contributed by atoms with Crippen LogP contribution in [-0.4, -0.2) is 4.98 Å². The first-order valence-corrected chi connectivity index (χ1v) is 3.57. The van der Waals surface area contributed by atoms with Crippen LogP contribution in [0.2, 0.25) is 0 Å². The second-order valence-corrected chi connectivity index (χ2v) is 2.66. The lowest BCUT2D eigenvalue weighted by Crippen LogP contribution is -2.09. The molecule has 6 heteroatoms. The Morgan fingerprint density at radius 3 is 2.46 bits per heavy atom. The lowest BCUT2D eigenvalue weighted by atomic mass is 10.3. The molecule has 1 heterocycles. The van der Waals surface area contributed by atoms with E-state index in [9.17, 15) is 13.2 Å². The molecule has 0 bridgehead atoms. The molecule has 1 aromatic rings. The Labute approximate surface area is 77.4 Å². The molecule has 0 fully saturated rings. The summed E-state index contributed by atoms with van der Waals surface area (Å²) in [6, 6.07) is 3.79. The molecular formula is C7H3F3N2S. The number of nitriles is 1. The monoisotopic (exact) mass is 204 g/mol. The highest BCUT2D eigenvalue weighted by Gasteiger charge is 2.34. The number of halogens is 3. The van der Waals surface area contributed by atoms with Gasteiger partial charge in [0.15, 0.2) is 5.69 Å². The van der Waals surface area contributed by atoms with Crippen molar-refractivity contribution in [3.05, 3.63) is 23.5 Å². The lowest BCUT2D eigenvalue weighted by Gasteiger charge is -2.07. The fourth-order valence-corrected chi connectivity index (χ4v) is 0.974. The van der Waals surface area contributed by atoms with Gasteiger partial charge in [0, 0.05) is 4.90 Å². The van der Waals surface area contributed by atoms with Crippen molar-refractivity contribution in [2.45, 2.75) is 11.1 Å². The van der Waals surface area contributed by atoms with Crippen molar-refractivity contribution in [3.8, 4) is 6.07 Å². The van der Waals surface area contributed by atoms with Crippen LogP contribution in [0, 0.1) is 11.3 Å². The van der Waals surface area contributed by atoms with Crippen LogP contribution < -0.4 is 0 Å². The van der Waals surface area contributed by atoms with Gasteiger partial charge in [0.25, 0.3) is 0 Å². The molecule has 0 unspecified atom stereocenters. The van der Waals surface area contributed by atoms with Crippen LogP contribution in [0.5, 0.6) is 0 Å². The maximum Gasteiger partial charge on any atom is 0.434 e. The highest BCUT2D eigenvalue weighted by molar-refractivity contribution is 7.80. The van der Waals surface area contributed by atoms with E-state index in [4.69, 9.17) is 5.26 Å². The topological polar surface area (TPSA) is 36.7 Å². The summed E-state index contributed by atoms with van der Waals surface area (Å²) >= 11 is 3.59. The average Bonchev–Trinajstić information content (AvgIpc) is 2.03. The largest absolute Gasteiger partial charge is 0.434 e. The maximum absolute atomic E-state index is 12.1. The van der Waals surface area contributed by atoms with Crippen LogP contribution in [0.15, 0.2) is 17.0 Å². The number of hydrogen-bond donors (Lipinski definition) is 1. The molecule has 1 rings (SSSR count). The summed E-state index contributed by atoms with van der Waals surface area (Å²) in [5, 5.41) is 8.31. The quantitative estimate of drug-likeness (QED) is 0.658. The zero-order valence-corrected chi connectivity index (χ0v) is 7.02. The van der Waals surface area contributed by atoms with Crippen LogP contribution in [0.4, 0.5) is 13.2 Å². The molecule has 0 radical (unpaired) electrons. The Kier molecular flexibility index (Phi) is 2.48. The number of thiol groups is 1. The first kappa shape index (κ1) is 9.86. The van der Waals surface area contributed by atoms with Gasteiger partial charge < -0.3 is 0 Å². The van der Waals surface area contributed by atoms with Crippen LogP contribution in [0.1, 0.15) is 11.4 Å². The molecule has 68 valence electrons. The molecular weight excluding hydrogens is 201 g/mol. The molecule has 0 saturated carbocycles. The molecule has 0 aliphatic heterocycles. The standard InChI is InChI=1S/C7H3F3N2S/c8-7(9,10)6-5(13)2-1-4(3-11)12-6/h1-2,13H. The second-order valence-electron chi connectivity index (χ2n) is 2.17. The van der Waals surface area contributed by atoms with Crippen LogP contribution in [0.3, 0.4) is 0 Å².